The van der Waals surface area contributed by atoms with Gasteiger partial charge in [0.25, 0.3) is 0 Å². The van der Waals surface area contributed by atoms with Gasteiger partial charge in [-0.05, 0) is 43.7 Å². The maximum atomic E-state index is 12.2. The summed E-state index contributed by atoms with van der Waals surface area (Å²) < 4.78 is 5.54. The first-order valence-corrected chi connectivity index (χ1v) is 9.24. The summed E-state index contributed by atoms with van der Waals surface area (Å²) >= 11 is 5.81. The molecule has 2 amide bonds. The van der Waals surface area contributed by atoms with E-state index in [0.717, 1.165) is 12.8 Å². The standard InChI is InChI=1S/C18H26ClN3O4/c1-2-21(13-17(23)24)15-7-10-22(11-8-15)18(25)20-9-12-26-16-5-3-14(19)4-6-16/h3-6,15H,2,7-13H2,1H3,(H,20,25)(H,23,24). The minimum Gasteiger partial charge on any atom is -0.492 e. The van der Waals surface area contributed by atoms with E-state index in [-0.39, 0.29) is 18.6 Å². The molecule has 0 bridgehead atoms. The molecule has 2 rings (SSSR count). The van der Waals surface area contributed by atoms with Crippen molar-refractivity contribution in [1.29, 1.82) is 0 Å². The Labute approximate surface area is 158 Å². The van der Waals surface area contributed by atoms with Crippen molar-refractivity contribution in [3.8, 4) is 5.75 Å². The van der Waals surface area contributed by atoms with Gasteiger partial charge < -0.3 is 20.1 Å². The fourth-order valence-electron chi connectivity index (χ4n) is 3.08. The van der Waals surface area contributed by atoms with E-state index in [1.165, 1.54) is 0 Å². The van der Waals surface area contributed by atoms with Crippen LogP contribution in [0.4, 0.5) is 4.79 Å². The zero-order chi connectivity index (χ0) is 18.9. The van der Waals surface area contributed by atoms with E-state index in [1.54, 1.807) is 29.2 Å². The lowest BCUT2D eigenvalue weighted by atomic mass is 10.0. The van der Waals surface area contributed by atoms with Gasteiger partial charge in [-0.25, -0.2) is 4.79 Å². The minimum atomic E-state index is -0.812. The summed E-state index contributed by atoms with van der Waals surface area (Å²) in [5.41, 5.74) is 0. The van der Waals surface area contributed by atoms with Crippen molar-refractivity contribution >= 4 is 23.6 Å². The van der Waals surface area contributed by atoms with Crippen LogP contribution in [0.3, 0.4) is 0 Å². The molecule has 1 aliphatic rings. The van der Waals surface area contributed by atoms with Gasteiger partial charge in [-0.2, -0.15) is 0 Å². The predicted molar refractivity (Wildman–Crippen MR) is 99.8 cm³/mol. The van der Waals surface area contributed by atoms with Gasteiger partial charge in [0.2, 0.25) is 0 Å². The minimum absolute atomic E-state index is 0.0510. The van der Waals surface area contributed by atoms with E-state index >= 15 is 0 Å². The van der Waals surface area contributed by atoms with Gasteiger partial charge >= 0.3 is 12.0 Å². The molecule has 144 valence electrons. The summed E-state index contributed by atoms with van der Waals surface area (Å²) in [4.78, 5) is 26.9. The van der Waals surface area contributed by atoms with Crippen LogP contribution in [0.1, 0.15) is 19.8 Å². The first-order valence-electron chi connectivity index (χ1n) is 8.86. The average molecular weight is 384 g/mol. The first-order chi connectivity index (χ1) is 12.5. The first kappa shape index (κ1) is 20.3. The molecule has 1 heterocycles. The van der Waals surface area contributed by atoms with Crippen LogP contribution in [0.15, 0.2) is 24.3 Å². The Bertz CT molecular complexity index is 589. The van der Waals surface area contributed by atoms with Crippen molar-refractivity contribution in [3.05, 3.63) is 29.3 Å². The Kier molecular flexibility index (Phi) is 8.00. The van der Waals surface area contributed by atoms with Gasteiger partial charge in [0.1, 0.15) is 12.4 Å². The van der Waals surface area contributed by atoms with Crippen LogP contribution >= 0.6 is 11.6 Å². The summed E-state index contributed by atoms with van der Waals surface area (Å²) in [5, 5.41) is 12.5. The van der Waals surface area contributed by atoms with Gasteiger partial charge in [0.05, 0.1) is 13.1 Å². The number of carbonyl (C=O) groups is 2. The number of aliphatic carboxylic acids is 1. The molecule has 7 nitrogen and oxygen atoms in total. The van der Waals surface area contributed by atoms with Crippen molar-refractivity contribution in [3.63, 3.8) is 0 Å². The van der Waals surface area contributed by atoms with E-state index in [0.29, 0.717) is 43.6 Å². The molecular weight excluding hydrogens is 358 g/mol. The van der Waals surface area contributed by atoms with Crippen molar-refractivity contribution in [1.82, 2.24) is 15.1 Å². The number of carbonyl (C=O) groups excluding carboxylic acids is 1. The number of carboxylic acids is 1. The quantitative estimate of drug-likeness (QED) is 0.673. The molecule has 0 saturated carbocycles. The highest BCUT2D eigenvalue weighted by Gasteiger charge is 2.27. The normalized spacial score (nSPS) is 15.1. The number of hydrogen-bond acceptors (Lipinski definition) is 4. The molecule has 1 saturated heterocycles. The molecule has 2 N–H and O–H groups in total. The van der Waals surface area contributed by atoms with Gasteiger partial charge in [-0.15, -0.1) is 0 Å². The summed E-state index contributed by atoms with van der Waals surface area (Å²) in [5.74, 6) is -0.102. The van der Waals surface area contributed by atoms with Crippen LogP contribution in [0.2, 0.25) is 5.02 Å². The molecule has 1 aliphatic heterocycles. The summed E-state index contributed by atoms with van der Waals surface area (Å²) in [6.07, 6.45) is 1.58. The number of urea groups is 1. The Morgan fingerprint density at radius 1 is 1.31 bits per heavy atom. The van der Waals surface area contributed by atoms with Gasteiger partial charge in [-0.3, -0.25) is 9.69 Å². The van der Waals surface area contributed by atoms with Crippen molar-refractivity contribution < 1.29 is 19.4 Å². The highest BCUT2D eigenvalue weighted by molar-refractivity contribution is 6.30. The third kappa shape index (κ3) is 6.38. The van der Waals surface area contributed by atoms with Crippen LogP contribution in [-0.2, 0) is 4.79 Å². The van der Waals surface area contributed by atoms with Crippen LogP contribution < -0.4 is 10.1 Å². The number of benzene rings is 1. The fraction of sp³-hybridized carbons (Fsp3) is 0.556. The number of amides is 2. The molecule has 8 heteroatoms. The third-order valence-electron chi connectivity index (χ3n) is 4.47. The smallest absolute Gasteiger partial charge is 0.317 e. The lowest BCUT2D eigenvalue weighted by Crippen LogP contribution is -2.50. The number of likely N-dealkylation sites (N-methyl/N-ethyl adjacent to an activating group) is 1. The Morgan fingerprint density at radius 2 is 1.96 bits per heavy atom. The van der Waals surface area contributed by atoms with E-state index in [1.807, 2.05) is 11.8 Å². The number of ether oxygens (including phenoxy) is 1. The number of piperidine rings is 1. The van der Waals surface area contributed by atoms with Crippen molar-refractivity contribution in [2.45, 2.75) is 25.8 Å². The third-order valence-corrected chi connectivity index (χ3v) is 4.73. The molecule has 0 aliphatic carbocycles. The van der Waals surface area contributed by atoms with Crippen LogP contribution in [0, 0.1) is 0 Å². The summed E-state index contributed by atoms with van der Waals surface area (Å²) in [6.45, 7) is 4.77. The molecule has 0 unspecified atom stereocenters. The second-order valence-corrected chi connectivity index (χ2v) is 6.65. The number of likely N-dealkylation sites (tertiary alicyclic amines) is 1. The maximum Gasteiger partial charge on any atom is 0.317 e. The second-order valence-electron chi connectivity index (χ2n) is 6.21. The zero-order valence-electron chi connectivity index (χ0n) is 15.0. The molecule has 1 fully saturated rings. The predicted octanol–water partition coefficient (Wildman–Crippen LogP) is 2.30. The Hall–Kier alpha value is -1.99. The molecule has 26 heavy (non-hydrogen) atoms. The monoisotopic (exact) mass is 383 g/mol. The number of nitrogens with zero attached hydrogens (tertiary/aromatic N) is 2. The SMILES string of the molecule is CCN(CC(=O)O)C1CCN(C(=O)NCCOc2ccc(Cl)cc2)CC1. The molecule has 1 aromatic rings. The van der Waals surface area contributed by atoms with E-state index < -0.39 is 5.97 Å². The van der Waals surface area contributed by atoms with E-state index in [2.05, 4.69) is 5.32 Å². The largest absolute Gasteiger partial charge is 0.492 e. The average Bonchev–Trinajstić information content (AvgIpc) is 2.64. The fourth-order valence-corrected chi connectivity index (χ4v) is 3.20. The Balaban J connectivity index is 1.66. The van der Waals surface area contributed by atoms with Gasteiger partial charge in [0.15, 0.2) is 0 Å². The number of nitrogens with one attached hydrogen (secondary N) is 1. The second kappa shape index (κ2) is 10.2. The zero-order valence-corrected chi connectivity index (χ0v) is 15.7. The van der Waals surface area contributed by atoms with Gasteiger partial charge in [0, 0.05) is 24.2 Å². The lowest BCUT2D eigenvalue weighted by molar-refractivity contribution is -0.139. The van der Waals surface area contributed by atoms with E-state index in [4.69, 9.17) is 21.4 Å². The molecule has 0 radical (unpaired) electrons. The topological polar surface area (TPSA) is 82.1 Å². The van der Waals surface area contributed by atoms with Crippen molar-refractivity contribution in [2.24, 2.45) is 0 Å². The van der Waals surface area contributed by atoms with Gasteiger partial charge in [-0.1, -0.05) is 18.5 Å². The number of hydrogen-bond donors (Lipinski definition) is 2. The van der Waals surface area contributed by atoms with Crippen LogP contribution in [0.25, 0.3) is 0 Å². The highest BCUT2D eigenvalue weighted by atomic mass is 35.5. The summed E-state index contributed by atoms with van der Waals surface area (Å²) in [6, 6.07) is 7.18. The van der Waals surface area contributed by atoms with Crippen LogP contribution in [0.5, 0.6) is 5.75 Å². The molecular formula is C18H26ClN3O4. The number of carboxylic acid groups (broad SMARTS) is 1. The lowest BCUT2D eigenvalue weighted by Gasteiger charge is -2.37. The molecule has 0 spiro atoms. The van der Waals surface area contributed by atoms with E-state index in [9.17, 15) is 9.59 Å². The van der Waals surface area contributed by atoms with Crippen LogP contribution in [-0.4, -0.2) is 72.3 Å². The Morgan fingerprint density at radius 3 is 2.54 bits per heavy atom. The highest BCUT2D eigenvalue weighted by Crippen LogP contribution is 2.17. The number of rotatable bonds is 8. The summed E-state index contributed by atoms with van der Waals surface area (Å²) in [7, 11) is 0. The molecule has 0 aromatic heterocycles. The van der Waals surface area contributed by atoms with Crippen molar-refractivity contribution in [2.75, 3.05) is 39.3 Å². The molecule has 0 atom stereocenters. The number of halogens is 1. The molecule has 1 aromatic carbocycles. The maximum absolute atomic E-state index is 12.2.